The highest BCUT2D eigenvalue weighted by Crippen LogP contribution is 2.42. The van der Waals surface area contributed by atoms with Gasteiger partial charge in [0.1, 0.15) is 24.0 Å². The van der Waals surface area contributed by atoms with Gasteiger partial charge in [0.25, 0.3) is 0 Å². The zero-order valence-corrected chi connectivity index (χ0v) is 18.7. The Morgan fingerprint density at radius 1 is 0.938 bits per heavy atom. The topological polar surface area (TPSA) is 21.9 Å². The van der Waals surface area contributed by atoms with E-state index in [4.69, 9.17) is 4.42 Å². The van der Waals surface area contributed by atoms with E-state index in [9.17, 15) is 0 Å². The largest absolute Gasteiger partial charge is 0.454 e. The van der Waals surface area contributed by atoms with Crippen LogP contribution in [0, 0.1) is 12.7 Å². The molecule has 2 aromatic carbocycles. The first-order valence-corrected chi connectivity index (χ1v) is 11.3. The summed E-state index contributed by atoms with van der Waals surface area (Å²) in [6.45, 7) is 2.10. The number of hydrogen-bond donors (Lipinski definition) is 0. The Morgan fingerprint density at radius 3 is 2.47 bits per heavy atom. The molecule has 3 aromatic heterocycles. The van der Waals surface area contributed by atoms with Crippen molar-refractivity contribution in [3.63, 3.8) is 0 Å². The first kappa shape index (κ1) is 19.3. The van der Waals surface area contributed by atoms with Crippen molar-refractivity contribution < 1.29 is 13.4 Å². The molecular weight excluding hydrogens is 399 g/mol. The lowest BCUT2D eigenvalue weighted by atomic mass is 9.97. The summed E-state index contributed by atoms with van der Waals surface area (Å²) in [7, 11) is 4.09. The van der Waals surface area contributed by atoms with Crippen LogP contribution in [0.1, 0.15) is 29.7 Å². The van der Waals surface area contributed by atoms with E-state index >= 15 is 4.39 Å². The zero-order chi connectivity index (χ0) is 22.0. The van der Waals surface area contributed by atoms with Crippen molar-refractivity contribution in [2.75, 3.05) is 0 Å². The van der Waals surface area contributed by atoms with Crippen LogP contribution in [-0.4, -0.2) is 4.57 Å². The van der Waals surface area contributed by atoms with Crippen LogP contribution >= 0.6 is 0 Å². The zero-order valence-electron chi connectivity index (χ0n) is 18.7. The van der Waals surface area contributed by atoms with Gasteiger partial charge in [-0.05, 0) is 68.0 Å². The summed E-state index contributed by atoms with van der Waals surface area (Å²) in [5.41, 5.74) is 8.84. The second-order valence-corrected chi connectivity index (χ2v) is 9.00. The molecule has 1 aliphatic carbocycles. The standard InChI is InChI=1S/C28H26FN2O/c1-17-11-12-19-20-13-14-21(29)26(24-16-18-8-4-5-9-22(18)31(24)3)28(20)32-27(19)25(17)23-10-6-7-15-30(23)2/h6-7,10-16H,4-5,8-9H2,1-3H3/q+1. The van der Waals surface area contributed by atoms with Gasteiger partial charge in [0.15, 0.2) is 6.20 Å². The van der Waals surface area contributed by atoms with Gasteiger partial charge in [-0.2, -0.15) is 0 Å². The SMILES string of the molecule is Cc1ccc2c(oc3c(-c4cc5c(n4C)CCCC5)c(F)ccc32)c1-c1cccc[n+]1C. The van der Waals surface area contributed by atoms with Crippen molar-refractivity contribution in [2.24, 2.45) is 14.1 Å². The number of fused-ring (bicyclic) bond motifs is 4. The van der Waals surface area contributed by atoms with Gasteiger partial charge in [0.05, 0.1) is 16.8 Å². The lowest BCUT2D eigenvalue weighted by Gasteiger charge is -2.13. The van der Waals surface area contributed by atoms with Gasteiger partial charge in [0, 0.05) is 35.6 Å². The molecule has 0 saturated heterocycles. The summed E-state index contributed by atoms with van der Waals surface area (Å²) in [5.74, 6) is -0.238. The highest BCUT2D eigenvalue weighted by atomic mass is 19.1. The number of aromatic nitrogens is 2. The van der Waals surface area contributed by atoms with Crippen molar-refractivity contribution in [1.29, 1.82) is 0 Å². The average Bonchev–Trinajstić information content (AvgIpc) is 3.32. The Morgan fingerprint density at radius 2 is 1.69 bits per heavy atom. The highest BCUT2D eigenvalue weighted by molar-refractivity contribution is 6.13. The van der Waals surface area contributed by atoms with Crippen LogP contribution in [0.3, 0.4) is 0 Å². The van der Waals surface area contributed by atoms with Crippen molar-refractivity contribution in [2.45, 2.75) is 32.6 Å². The van der Waals surface area contributed by atoms with Crippen LogP contribution in [0.5, 0.6) is 0 Å². The van der Waals surface area contributed by atoms with Gasteiger partial charge in [-0.15, -0.1) is 0 Å². The maximum atomic E-state index is 15.4. The molecule has 0 aliphatic heterocycles. The molecule has 0 radical (unpaired) electrons. The summed E-state index contributed by atoms with van der Waals surface area (Å²) in [4.78, 5) is 0. The number of pyridine rings is 1. The van der Waals surface area contributed by atoms with E-state index in [-0.39, 0.29) is 5.82 Å². The van der Waals surface area contributed by atoms with Crippen molar-refractivity contribution in [3.8, 4) is 22.5 Å². The number of halogens is 1. The van der Waals surface area contributed by atoms with E-state index in [1.165, 1.54) is 24.1 Å². The van der Waals surface area contributed by atoms with E-state index in [1.807, 2.05) is 31.4 Å². The maximum absolute atomic E-state index is 15.4. The van der Waals surface area contributed by atoms with Crippen LogP contribution in [-0.2, 0) is 26.9 Å². The Balaban J connectivity index is 1.69. The van der Waals surface area contributed by atoms with Crippen molar-refractivity contribution >= 4 is 21.9 Å². The molecule has 0 unspecified atom stereocenters. The summed E-state index contributed by atoms with van der Waals surface area (Å²) in [6.07, 6.45) is 6.55. The van der Waals surface area contributed by atoms with Crippen LogP contribution in [0.15, 0.2) is 59.1 Å². The van der Waals surface area contributed by atoms with E-state index < -0.39 is 0 Å². The Labute approximate surface area is 186 Å². The molecular formula is C28H26FN2O+. The smallest absolute Gasteiger partial charge is 0.216 e. The van der Waals surface area contributed by atoms with Gasteiger partial charge in [-0.25, -0.2) is 8.96 Å². The number of aryl methyl sites for hydroxylation is 3. The second-order valence-electron chi connectivity index (χ2n) is 9.00. The molecule has 3 nitrogen and oxygen atoms in total. The third-order valence-electron chi connectivity index (χ3n) is 7.09. The molecule has 0 N–H and O–H groups in total. The molecule has 6 rings (SSSR count). The fourth-order valence-electron chi connectivity index (χ4n) is 5.42. The lowest BCUT2D eigenvalue weighted by Crippen LogP contribution is -2.30. The number of rotatable bonds is 2. The minimum atomic E-state index is -0.238. The highest BCUT2D eigenvalue weighted by Gasteiger charge is 2.25. The molecule has 0 saturated carbocycles. The van der Waals surface area contributed by atoms with Gasteiger partial charge >= 0.3 is 0 Å². The lowest BCUT2D eigenvalue weighted by molar-refractivity contribution is -0.660. The quantitative estimate of drug-likeness (QED) is 0.300. The number of furan rings is 1. The molecule has 160 valence electrons. The molecule has 32 heavy (non-hydrogen) atoms. The monoisotopic (exact) mass is 425 g/mol. The van der Waals surface area contributed by atoms with Gasteiger partial charge in [-0.3, -0.25) is 0 Å². The van der Waals surface area contributed by atoms with Crippen LogP contribution in [0.25, 0.3) is 44.5 Å². The van der Waals surface area contributed by atoms with Crippen molar-refractivity contribution in [1.82, 2.24) is 4.57 Å². The third kappa shape index (κ3) is 2.68. The molecule has 1 aliphatic rings. The number of nitrogens with zero attached hydrogens (tertiary/aromatic N) is 2. The normalized spacial score (nSPS) is 13.8. The summed E-state index contributed by atoms with van der Waals surface area (Å²) in [5, 5.41) is 1.97. The summed E-state index contributed by atoms with van der Waals surface area (Å²) in [6, 6.07) is 16.0. The van der Waals surface area contributed by atoms with Crippen LogP contribution in [0.2, 0.25) is 0 Å². The molecule has 0 spiro atoms. The summed E-state index contributed by atoms with van der Waals surface area (Å²) < 4.78 is 26.2. The minimum Gasteiger partial charge on any atom is -0.454 e. The molecule has 5 aromatic rings. The first-order chi connectivity index (χ1) is 15.5. The van der Waals surface area contributed by atoms with Gasteiger partial charge < -0.3 is 8.98 Å². The fraction of sp³-hybridized carbons (Fsp3) is 0.250. The minimum absolute atomic E-state index is 0.238. The first-order valence-electron chi connectivity index (χ1n) is 11.3. The average molecular weight is 426 g/mol. The Hall–Kier alpha value is -3.40. The molecule has 3 heterocycles. The Bertz CT molecular complexity index is 1520. The summed E-state index contributed by atoms with van der Waals surface area (Å²) >= 11 is 0. The molecule has 0 bridgehead atoms. The molecule has 4 heteroatoms. The van der Waals surface area contributed by atoms with Crippen LogP contribution in [0.4, 0.5) is 4.39 Å². The van der Waals surface area contributed by atoms with E-state index in [0.717, 1.165) is 51.7 Å². The van der Waals surface area contributed by atoms with Crippen molar-refractivity contribution in [3.05, 3.63) is 77.4 Å². The van der Waals surface area contributed by atoms with Gasteiger partial charge in [-0.1, -0.05) is 12.1 Å². The van der Waals surface area contributed by atoms with Crippen LogP contribution < -0.4 is 4.57 Å². The molecule has 0 atom stereocenters. The predicted molar refractivity (Wildman–Crippen MR) is 126 cm³/mol. The maximum Gasteiger partial charge on any atom is 0.216 e. The second kappa shape index (κ2) is 7.06. The Kier molecular flexibility index (Phi) is 4.26. The number of benzene rings is 2. The number of hydrogen-bond acceptors (Lipinski definition) is 1. The van der Waals surface area contributed by atoms with E-state index in [1.54, 1.807) is 6.07 Å². The third-order valence-corrected chi connectivity index (χ3v) is 7.09. The fourth-order valence-corrected chi connectivity index (χ4v) is 5.42. The van der Waals surface area contributed by atoms with Gasteiger partial charge in [0.2, 0.25) is 5.69 Å². The van der Waals surface area contributed by atoms with E-state index in [2.05, 4.69) is 47.4 Å². The molecule has 0 fully saturated rings. The molecule has 0 amide bonds. The predicted octanol–water partition coefficient (Wildman–Crippen LogP) is 6.41. The van der Waals surface area contributed by atoms with E-state index in [0.29, 0.717) is 11.1 Å².